The highest BCUT2D eigenvalue weighted by Crippen LogP contribution is 2.39. The number of amides is 1. The van der Waals surface area contributed by atoms with Gasteiger partial charge in [0.2, 0.25) is 5.91 Å². The van der Waals surface area contributed by atoms with Crippen LogP contribution in [0.5, 0.6) is 0 Å². The van der Waals surface area contributed by atoms with Crippen molar-refractivity contribution >= 4 is 33.3 Å². The molecule has 1 aromatic carbocycles. The van der Waals surface area contributed by atoms with Crippen molar-refractivity contribution in [3.05, 3.63) is 56.8 Å². The minimum Gasteiger partial charge on any atom is -0.350 e. The summed E-state index contributed by atoms with van der Waals surface area (Å²) in [6, 6.07) is 9.66. The molecule has 5 rings (SSSR count). The van der Waals surface area contributed by atoms with Gasteiger partial charge >= 0.3 is 0 Å². The Morgan fingerprint density at radius 2 is 1.96 bits per heavy atom. The zero-order chi connectivity index (χ0) is 18.4. The number of pyridine rings is 1. The molecule has 1 fully saturated rings. The van der Waals surface area contributed by atoms with Gasteiger partial charge in [0.05, 0.1) is 12.2 Å². The number of hydrogen-bond donors (Lipinski definition) is 2. The number of carbonyl (C=O) groups is 1. The first-order valence-corrected chi connectivity index (χ1v) is 10.1. The van der Waals surface area contributed by atoms with E-state index in [-0.39, 0.29) is 23.8 Å². The molecule has 4 heterocycles. The first-order chi connectivity index (χ1) is 13.2. The minimum atomic E-state index is -0.260. The second-order valence-corrected chi connectivity index (χ2v) is 8.19. The quantitative estimate of drug-likeness (QED) is 0.717. The topological polar surface area (TPSA) is 78.1 Å². The van der Waals surface area contributed by atoms with Gasteiger partial charge in [-0.05, 0) is 30.4 Å². The number of para-hydroxylation sites is 1. The van der Waals surface area contributed by atoms with Crippen LogP contribution in [-0.4, -0.2) is 29.0 Å². The van der Waals surface area contributed by atoms with E-state index in [4.69, 9.17) is 4.98 Å². The highest BCUT2D eigenvalue weighted by atomic mass is 32.1. The first kappa shape index (κ1) is 16.5. The summed E-state index contributed by atoms with van der Waals surface area (Å²) in [7, 11) is 0. The first-order valence-electron chi connectivity index (χ1n) is 9.32. The third-order valence-electron chi connectivity index (χ3n) is 5.41. The Kier molecular flexibility index (Phi) is 3.97. The molecule has 1 saturated heterocycles. The van der Waals surface area contributed by atoms with E-state index in [1.807, 2.05) is 30.3 Å². The molecule has 2 aliphatic heterocycles. The number of anilines is 1. The molecule has 0 aliphatic carbocycles. The number of fused-ring (bicyclic) bond motifs is 2. The highest BCUT2D eigenvalue weighted by Gasteiger charge is 2.31. The van der Waals surface area contributed by atoms with Gasteiger partial charge in [-0.2, -0.15) is 0 Å². The molecule has 6 nitrogen and oxygen atoms in total. The van der Waals surface area contributed by atoms with Crippen molar-refractivity contribution in [1.29, 1.82) is 0 Å². The molecule has 0 saturated carbocycles. The average molecular weight is 380 g/mol. The van der Waals surface area contributed by atoms with Crippen molar-refractivity contribution in [1.82, 2.24) is 15.3 Å². The Labute approximate surface area is 160 Å². The van der Waals surface area contributed by atoms with Gasteiger partial charge in [-0.1, -0.05) is 18.2 Å². The maximum Gasteiger partial charge on any atom is 0.252 e. The molecule has 0 bridgehead atoms. The summed E-state index contributed by atoms with van der Waals surface area (Å²) in [5.41, 5.74) is 2.22. The van der Waals surface area contributed by atoms with Crippen LogP contribution in [-0.2, 0) is 11.3 Å². The lowest BCUT2D eigenvalue weighted by molar-refractivity contribution is -0.121. The fourth-order valence-corrected chi connectivity index (χ4v) is 5.25. The number of benzene rings is 1. The average Bonchev–Trinajstić information content (AvgIpc) is 3.31. The molecule has 1 atom stereocenters. The molecular weight excluding hydrogens is 360 g/mol. The normalized spacial score (nSPS) is 19.8. The zero-order valence-electron chi connectivity index (χ0n) is 14.8. The highest BCUT2D eigenvalue weighted by molar-refractivity contribution is 7.15. The van der Waals surface area contributed by atoms with Gasteiger partial charge < -0.3 is 15.2 Å². The summed E-state index contributed by atoms with van der Waals surface area (Å²) in [4.78, 5) is 36.2. The molecule has 2 aliphatic rings. The number of nitrogens with one attached hydrogen (secondary N) is 2. The van der Waals surface area contributed by atoms with Gasteiger partial charge in [0.15, 0.2) is 5.13 Å². The van der Waals surface area contributed by atoms with Gasteiger partial charge in [-0.3, -0.25) is 9.59 Å². The largest absolute Gasteiger partial charge is 0.350 e. The van der Waals surface area contributed by atoms with Gasteiger partial charge in [0.25, 0.3) is 5.56 Å². The van der Waals surface area contributed by atoms with E-state index >= 15 is 0 Å². The maximum absolute atomic E-state index is 12.8. The Morgan fingerprint density at radius 3 is 2.81 bits per heavy atom. The number of thiazole rings is 1. The maximum atomic E-state index is 12.8. The van der Waals surface area contributed by atoms with Crippen LogP contribution in [0.2, 0.25) is 0 Å². The number of nitrogens with zero attached hydrogens (tertiary/aromatic N) is 2. The predicted molar refractivity (Wildman–Crippen MR) is 106 cm³/mol. The second-order valence-electron chi connectivity index (χ2n) is 7.18. The van der Waals surface area contributed by atoms with Gasteiger partial charge in [-0.15, -0.1) is 11.3 Å². The summed E-state index contributed by atoms with van der Waals surface area (Å²) >= 11 is 1.63. The standard InChI is InChI=1S/C20H20N4O2S/c25-17-10-13(14-9-12-5-1-2-6-15(12)22-19(14)26)18-16(11-21-17)23-20(27-18)24-7-3-4-8-24/h1-2,5-6,9,13H,3-4,7-8,10-11H2,(H,21,25)(H,22,26)/t13-/m0/s1. The third-order valence-corrected chi connectivity index (χ3v) is 6.68. The number of carbonyl (C=O) groups excluding carboxylic acids is 1. The van der Waals surface area contributed by atoms with Crippen molar-refractivity contribution in [3.63, 3.8) is 0 Å². The van der Waals surface area contributed by atoms with Gasteiger partial charge in [0, 0.05) is 41.4 Å². The molecule has 2 aromatic heterocycles. The Bertz CT molecular complexity index is 1080. The molecule has 27 heavy (non-hydrogen) atoms. The number of hydrogen-bond acceptors (Lipinski definition) is 5. The second kappa shape index (κ2) is 6.49. The molecule has 7 heteroatoms. The minimum absolute atomic E-state index is 0.0412. The predicted octanol–water partition coefficient (Wildman–Crippen LogP) is 2.74. The lowest BCUT2D eigenvalue weighted by Gasteiger charge is -2.15. The number of aromatic amines is 1. The van der Waals surface area contributed by atoms with E-state index in [0.717, 1.165) is 39.7 Å². The summed E-state index contributed by atoms with van der Waals surface area (Å²) in [5, 5.41) is 4.92. The molecule has 1 amide bonds. The van der Waals surface area contributed by atoms with Crippen LogP contribution in [0.1, 0.15) is 41.3 Å². The van der Waals surface area contributed by atoms with E-state index in [1.54, 1.807) is 11.3 Å². The lowest BCUT2D eigenvalue weighted by Crippen LogP contribution is -2.23. The van der Waals surface area contributed by atoms with Crippen LogP contribution in [0, 0.1) is 0 Å². The van der Waals surface area contributed by atoms with E-state index in [2.05, 4.69) is 15.2 Å². The molecule has 2 N–H and O–H groups in total. The van der Waals surface area contributed by atoms with Crippen molar-refractivity contribution in [2.75, 3.05) is 18.0 Å². The van der Waals surface area contributed by atoms with Gasteiger partial charge in [0.1, 0.15) is 0 Å². The van der Waals surface area contributed by atoms with Crippen LogP contribution in [0.25, 0.3) is 10.9 Å². The zero-order valence-corrected chi connectivity index (χ0v) is 15.6. The number of aromatic nitrogens is 2. The Balaban J connectivity index is 1.64. The van der Waals surface area contributed by atoms with E-state index in [0.29, 0.717) is 12.1 Å². The van der Waals surface area contributed by atoms with Crippen LogP contribution >= 0.6 is 11.3 Å². The van der Waals surface area contributed by atoms with Crippen LogP contribution in [0.3, 0.4) is 0 Å². The van der Waals surface area contributed by atoms with E-state index in [1.165, 1.54) is 12.8 Å². The van der Waals surface area contributed by atoms with Crippen LogP contribution < -0.4 is 15.8 Å². The molecular formula is C20H20N4O2S. The van der Waals surface area contributed by atoms with E-state index < -0.39 is 0 Å². The summed E-state index contributed by atoms with van der Waals surface area (Å²) in [6.07, 6.45) is 2.65. The monoisotopic (exact) mass is 380 g/mol. The number of H-pyrrole nitrogens is 1. The van der Waals surface area contributed by atoms with Crippen molar-refractivity contribution < 1.29 is 4.79 Å². The molecule has 0 radical (unpaired) electrons. The Morgan fingerprint density at radius 1 is 1.15 bits per heavy atom. The molecule has 3 aromatic rings. The number of rotatable bonds is 2. The summed E-state index contributed by atoms with van der Waals surface area (Å²) < 4.78 is 0. The van der Waals surface area contributed by atoms with Gasteiger partial charge in [-0.25, -0.2) is 4.98 Å². The summed E-state index contributed by atoms with van der Waals surface area (Å²) in [6.45, 7) is 2.49. The fourth-order valence-electron chi connectivity index (χ4n) is 4.00. The van der Waals surface area contributed by atoms with Crippen LogP contribution in [0.4, 0.5) is 5.13 Å². The van der Waals surface area contributed by atoms with Crippen LogP contribution in [0.15, 0.2) is 35.1 Å². The van der Waals surface area contributed by atoms with E-state index in [9.17, 15) is 9.59 Å². The molecule has 0 unspecified atom stereocenters. The SMILES string of the molecule is O=C1C[C@@H](c2cc3ccccc3[nH]c2=O)c2sc(N3CCCC3)nc2CN1. The van der Waals surface area contributed by atoms with Crippen molar-refractivity contribution in [2.45, 2.75) is 31.7 Å². The summed E-state index contributed by atoms with van der Waals surface area (Å²) in [5.74, 6) is -0.301. The smallest absolute Gasteiger partial charge is 0.252 e. The fraction of sp³-hybridized carbons (Fsp3) is 0.350. The molecule has 138 valence electrons. The lowest BCUT2D eigenvalue weighted by atomic mass is 9.93. The Hall–Kier alpha value is -2.67. The van der Waals surface area contributed by atoms with Crippen molar-refractivity contribution in [2.24, 2.45) is 0 Å². The van der Waals surface area contributed by atoms with Crippen molar-refractivity contribution in [3.8, 4) is 0 Å². The third kappa shape index (κ3) is 2.92. The molecule has 0 spiro atoms.